The average molecular weight is 244 g/mol. The first kappa shape index (κ1) is 12.2. The minimum absolute atomic E-state index is 0.554. The fourth-order valence-corrected chi connectivity index (χ4v) is 3.02. The first-order chi connectivity index (χ1) is 8.62. The maximum Gasteiger partial charge on any atom is 0.0233 e. The van der Waals surface area contributed by atoms with Crippen LogP contribution in [0.5, 0.6) is 0 Å². The van der Waals surface area contributed by atoms with Crippen LogP contribution in [-0.4, -0.2) is 18.0 Å². The van der Waals surface area contributed by atoms with Crippen molar-refractivity contribution in [1.82, 2.24) is 10.2 Å². The number of benzene rings is 1. The van der Waals surface area contributed by atoms with E-state index in [0.29, 0.717) is 5.41 Å². The molecule has 0 amide bonds. The largest absolute Gasteiger partial charge is 0.309 e. The highest BCUT2D eigenvalue weighted by Gasteiger charge is 2.25. The van der Waals surface area contributed by atoms with Gasteiger partial charge in [0.15, 0.2) is 0 Å². The Morgan fingerprint density at radius 3 is 2.61 bits per heavy atom. The second-order valence-corrected chi connectivity index (χ2v) is 6.65. The van der Waals surface area contributed by atoms with Crippen LogP contribution in [0.1, 0.15) is 43.4 Å². The summed E-state index contributed by atoms with van der Waals surface area (Å²) in [6.07, 6.45) is 2.67. The highest BCUT2D eigenvalue weighted by Crippen LogP contribution is 2.30. The summed E-state index contributed by atoms with van der Waals surface area (Å²) in [4.78, 5) is 2.61. The predicted molar refractivity (Wildman–Crippen MR) is 75.3 cm³/mol. The van der Waals surface area contributed by atoms with Crippen LogP contribution >= 0.6 is 0 Å². The van der Waals surface area contributed by atoms with Crippen molar-refractivity contribution in [3.8, 4) is 0 Å². The lowest BCUT2D eigenvalue weighted by molar-refractivity contribution is 0.127. The predicted octanol–water partition coefficient (Wildman–Crippen LogP) is 2.91. The molecule has 0 aromatic heterocycles. The third kappa shape index (κ3) is 2.60. The molecule has 2 heteroatoms. The van der Waals surface area contributed by atoms with E-state index in [1.165, 1.54) is 42.6 Å². The Balaban J connectivity index is 1.63. The molecule has 18 heavy (non-hydrogen) atoms. The lowest BCUT2D eigenvalue weighted by Gasteiger charge is -2.37. The van der Waals surface area contributed by atoms with Crippen molar-refractivity contribution in [3.63, 3.8) is 0 Å². The highest BCUT2D eigenvalue weighted by atomic mass is 15.1. The number of nitrogens with one attached hydrogen (secondary N) is 1. The zero-order valence-corrected chi connectivity index (χ0v) is 11.6. The Morgan fingerprint density at radius 2 is 1.83 bits per heavy atom. The van der Waals surface area contributed by atoms with Crippen molar-refractivity contribution < 1.29 is 0 Å². The standard InChI is InChI=1S/C16H24N2/c1-16(2)5-7-18(8-6-16)12-13-3-4-14-10-17-11-15(14)9-13/h3-4,9,17H,5-8,10-12H2,1-2H3. The van der Waals surface area contributed by atoms with Gasteiger partial charge in [-0.2, -0.15) is 0 Å². The van der Waals surface area contributed by atoms with E-state index in [-0.39, 0.29) is 0 Å². The van der Waals surface area contributed by atoms with Gasteiger partial charge in [0.2, 0.25) is 0 Å². The van der Waals surface area contributed by atoms with Crippen LogP contribution in [0.15, 0.2) is 18.2 Å². The van der Waals surface area contributed by atoms with E-state index in [1.54, 1.807) is 0 Å². The molecule has 2 heterocycles. The Kier molecular flexibility index (Phi) is 3.16. The number of hydrogen-bond acceptors (Lipinski definition) is 2. The zero-order chi connectivity index (χ0) is 12.6. The maximum absolute atomic E-state index is 3.42. The fraction of sp³-hybridized carbons (Fsp3) is 0.625. The Hall–Kier alpha value is -0.860. The van der Waals surface area contributed by atoms with Crippen molar-refractivity contribution in [1.29, 1.82) is 0 Å². The number of nitrogens with zero attached hydrogens (tertiary/aromatic N) is 1. The van der Waals surface area contributed by atoms with Crippen LogP contribution in [-0.2, 0) is 19.6 Å². The molecule has 1 aromatic carbocycles. The summed E-state index contributed by atoms with van der Waals surface area (Å²) >= 11 is 0. The van der Waals surface area contributed by atoms with E-state index in [0.717, 1.165) is 19.6 Å². The van der Waals surface area contributed by atoms with Gasteiger partial charge in [-0.25, -0.2) is 0 Å². The van der Waals surface area contributed by atoms with Crippen LogP contribution in [0, 0.1) is 5.41 Å². The minimum atomic E-state index is 0.554. The fourth-order valence-electron chi connectivity index (χ4n) is 3.02. The van der Waals surface area contributed by atoms with E-state index < -0.39 is 0 Å². The van der Waals surface area contributed by atoms with Crippen LogP contribution in [0.25, 0.3) is 0 Å². The highest BCUT2D eigenvalue weighted by molar-refractivity contribution is 5.34. The minimum Gasteiger partial charge on any atom is -0.309 e. The molecule has 0 radical (unpaired) electrons. The molecule has 1 N–H and O–H groups in total. The van der Waals surface area contributed by atoms with Gasteiger partial charge < -0.3 is 5.32 Å². The molecular weight excluding hydrogens is 220 g/mol. The first-order valence-corrected chi connectivity index (χ1v) is 7.16. The molecule has 0 bridgehead atoms. The summed E-state index contributed by atoms with van der Waals surface area (Å²) in [6.45, 7) is 10.5. The molecule has 2 aliphatic heterocycles. The smallest absolute Gasteiger partial charge is 0.0233 e. The molecule has 2 aliphatic rings. The van der Waals surface area contributed by atoms with Crippen molar-refractivity contribution in [2.24, 2.45) is 5.41 Å². The Bertz CT molecular complexity index is 427. The van der Waals surface area contributed by atoms with Crippen molar-refractivity contribution in [3.05, 3.63) is 34.9 Å². The van der Waals surface area contributed by atoms with E-state index in [4.69, 9.17) is 0 Å². The molecule has 1 fully saturated rings. The van der Waals surface area contributed by atoms with Gasteiger partial charge in [0, 0.05) is 19.6 Å². The second kappa shape index (κ2) is 4.67. The SMILES string of the molecule is CC1(C)CCN(Cc2ccc3c(c2)CNC3)CC1. The number of rotatable bonds is 2. The molecule has 1 saturated heterocycles. The van der Waals surface area contributed by atoms with Crippen molar-refractivity contribution in [2.45, 2.75) is 46.3 Å². The number of piperidine rings is 1. The summed E-state index contributed by atoms with van der Waals surface area (Å²) < 4.78 is 0. The molecule has 0 spiro atoms. The molecule has 0 aliphatic carbocycles. The third-order valence-corrected chi connectivity index (χ3v) is 4.52. The summed E-state index contributed by atoms with van der Waals surface area (Å²) in [6, 6.07) is 7.01. The number of fused-ring (bicyclic) bond motifs is 1. The van der Waals surface area contributed by atoms with Gasteiger partial charge in [-0.15, -0.1) is 0 Å². The van der Waals surface area contributed by atoms with Gasteiger partial charge in [-0.05, 0) is 48.0 Å². The van der Waals surface area contributed by atoms with Crippen LogP contribution in [0.2, 0.25) is 0 Å². The van der Waals surface area contributed by atoms with Crippen LogP contribution in [0.3, 0.4) is 0 Å². The van der Waals surface area contributed by atoms with Crippen LogP contribution < -0.4 is 5.32 Å². The van der Waals surface area contributed by atoms with Gasteiger partial charge in [-0.1, -0.05) is 32.0 Å². The lowest BCUT2D eigenvalue weighted by atomic mass is 9.82. The van der Waals surface area contributed by atoms with Gasteiger partial charge in [0.05, 0.1) is 0 Å². The van der Waals surface area contributed by atoms with Gasteiger partial charge >= 0.3 is 0 Å². The molecular formula is C16H24N2. The summed E-state index contributed by atoms with van der Waals surface area (Å²) in [5, 5.41) is 3.42. The van der Waals surface area contributed by atoms with Crippen molar-refractivity contribution >= 4 is 0 Å². The number of likely N-dealkylation sites (tertiary alicyclic amines) is 1. The summed E-state index contributed by atoms with van der Waals surface area (Å²) in [5.74, 6) is 0. The van der Waals surface area contributed by atoms with Gasteiger partial charge in [-0.3, -0.25) is 4.90 Å². The Labute approximate surface area is 110 Å². The van der Waals surface area contributed by atoms with Gasteiger partial charge in [0.1, 0.15) is 0 Å². The molecule has 0 saturated carbocycles. The topological polar surface area (TPSA) is 15.3 Å². The molecule has 0 unspecified atom stereocenters. The van der Waals surface area contributed by atoms with Crippen LogP contribution in [0.4, 0.5) is 0 Å². The maximum atomic E-state index is 3.42. The van der Waals surface area contributed by atoms with E-state index in [9.17, 15) is 0 Å². The van der Waals surface area contributed by atoms with Gasteiger partial charge in [0.25, 0.3) is 0 Å². The normalized spacial score (nSPS) is 23.0. The number of hydrogen-bond donors (Lipinski definition) is 1. The first-order valence-electron chi connectivity index (χ1n) is 7.16. The lowest BCUT2D eigenvalue weighted by Crippen LogP contribution is -2.36. The monoisotopic (exact) mass is 244 g/mol. The van der Waals surface area contributed by atoms with E-state index in [2.05, 4.69) is 42.3 Å². The molecule has 0 atom stereocenters. The summed E-state index contributed by atoms with van der Waals surface area (Å²) in [7, 11) is 0. The molecule has 2 nitrogen and oxygen atoms in total. The third-order valence-electron chi connectivity index (χ3n) is 4.52. The molecule has 1 aromatic rings. The zero-order valence-electron chi connectivity index (χ0n) is 11.6. The second-order valence-electron chi connectivity index (χ2n) is 6.65. The summed E-state index contributed by atoms with van der Waals surface area (Å²) in [5.41, 5.74) is 5.03. The quantitative estimate of drug-likeness (QED) is 0.860. The molecule has 98 valence electrons. The van der Waals surface area contributed by atoms with E-state index >= 15 is 0 Å². The van der Waals surface area contributed by atoms with Crippen molar-refractivity contribution in [2.75, 3.05) is 13.1 Å². The Morgan fingerprint density at radius 1 is 1.11 bits per heavy atom. The van der Waals surface area contributed by atoms with E-state index in [1.807, 2.05) is 0 Å². The average Bonchev–Trinajstić information content (AvgIpc) is 2.79. The molecule has 3 rings (SSSR count).